The van der Waals surface area contributed by atoms with E-state index in [2.05, 4.69) is 15.1 Å². The molecular weight excluding hydrogens is 342 g/mol. The SMILES string of the molecule is COc1ccc(N2CCN(CC(=O)NC3CCS(=O)(=O)C3)CC2)cc1. The molecule has 0 aliphatic carbocycles. The van der Waals surface area contributed by atoms with Gasteiger partial charge in [-0.25, -0.2) is 8.42 Å². The van der Waals surface area contributed by atoms with Crippen molar-refractivity contribution in [1.82, 2.24) is 10.2 Å². The quantitative estimate of drug-likeness (QED) is 0.796. The lowest BCUT2D eigenvalue weighted by molar-refractivity contribution is -0.122. The average molecular weight is 367 g/mol. The topological polar surface area (TPSA) is 79.0 Å². The van der Waals surface area contributed by atoms with Crippen molar-refractivity contribution >= 4 is 21.4 Å². The molecular formula is C17H25N3O4S. The lowest BCUT2D eigenvalue weighted by atomic mass is 10.2. The highest BCUT2D eigenvalue weighted by Crippen LogP contribution is 2.20. The predicted molar refractivity (Wildman–Crippen MR) is 96.8 cm³/mol. The number of carbonyl (C=O) groups is 1. The zero-order valence-corrected chi connectivity index (χ0v) is 15.3. The largest absolute Gasteiger partial charge is 0.497 e. The van der Waals surface area contributed by atoms with Crippen LogP contribution in [0.15, 0.2) is 24.3 Å². The van der Waals surface area contributed by atoms with E-state index in [0.29, 0.717) is 13.0 Å². The van der Waals surface area contributed by atoms with Crippen LogP contribution in [0.2, 0.25) is 0 Å². The highest BCUT2D eigenvalue weighted by atomic mass is 32.2. The van der Waals surface area contributed by atoms with Crippen LogP contribution in [0.3, 0.4) is 0 Å². The molecule has 1 unspecified atom stereocenters. The van der Waals surface area contributed by atoms with E-state index in [9.17, 15) is 13.2 Å². The summed E-state index contributed by atoms with van der Waals surface area (Å²) in [5, 5.41) is 2.85. The van der Waals surface area contributed by atoms with Crippen LogP contribution in [0.5, 0.6) is 5.75 Å². The van der Waals surface area contributed by atoms with Crippen LogP contribution < -0.4 is 15.0 Å². The number of hydrogen-bond donors (Lipinski definition) is 1. The number of methoxy groups -OCH3 is 1. The second kappa shape index (κ2) is 7.61. The summed E-state index contributed by atoms with van der Waals surface area (Å²) in [4.78, 5) is 16.5. The lowest BCUT2D eigenvalue weighted by Gasteiger charge is -2.35. The van der Waals surface area contributed by atoms with Crippen LogP contribution in [0, 0.1) is 0 Å². The number of nitrogens with zero attached hydrogens (tertiary/aromatic N) is 2. The molecule has 1 N–H and O–H groups in total. The molecule has 0 aromatic heterocycles. The van der Waals surface area contributed by atoms with Crippen LogP contribution >= 0.6 is 0 Å². The molecule has 1 atom stereocenters. The Morgan fingerprint density at radius 3 is 2.44 bits per heavy atom. The van der Waals surface area contributed by atoms with Crippen molar-refractivity contribution in [3.05, 3.63) is 24.3 Å². The van der Waals surface area contributed by atoms with Gasteiger partial charge in [0.2, 0.25) is 5.91 Å². The molecule has 7 nitrogen and oxygen atoms in total. The summed E-state index contributed by atoms with van der Waals surface area (Å²) in [5.41, 5.74) is 1.15. The number of sulfone groups is 1. The third-order valence-corrected chi connectivity index (χ3v) is 6.54. The fourth-order valence-corrected chi connectivity index (χ4v) is 5.02. The van der Waals surface area contributed by atoms with Gasteiger partial charge in [0.25, 0.3) is 0 Å². The smallest absolute Gasteiger partial charge is 0.234 e. The number of benzene rings is 1. The molecule has 3 rings (SSSR count). The highest BCUT2D eigenvalue weighted by Gasteiger charge is 2.29. The standard InChI is InChI=1S/C17H25N3O4S/c1-24-16-4-2-15(3-5-16)20-9-7-19(8-10-20)12-17(21)18-14-6-11-25(22,23)13-14/h2-5,14H,6-13H2,1H3,(H,18,21). The van der Waals surface area contributed by atoms with Crippen molar-refractivity contribution in [2.45, 2.75) is 12.5 Å². The minimum absolute atomic E-state index is 0.0734. The molecule has 1 amide bonds. The number of carbonyl (C=O) groups excluding carboxylic acids is 1. The second-order valence-electron chi connectivity index (χ2n) is 6.63. The van der Waals surface area contributed by atoms with E-state index in [1.165, 1.54) is 0 Å². The van der Waals surface area contributed by atoms with Gasteiger partial charge in [-0.15, -0.1) is 0 Å². The zero-order valence-electron chi connectivity index (χ0n) is 14.5. The Kier molecular flexibility index (Phi) is 5.48. The summed E-state index contributed by atoms with van der Waals surface area (Å²) < 4.78 is 28.1. The minimum Gasteiger partial charge on any atom is -0.497 e. The van der Waals surface area contributed by atoms with Gasteiger partial charge in [-0.1, -0.05) is 0 Å². The first-order valence-electron chi connectivity index (χ1n) is 8.56. The molecule has 1 aromatic carbocycles. The summed E-state index contributed by atoms with van der Waals surface area (Å²) in [7, 11) is -1.31. The fraction of sp³-hybridized carbons (Fsp3) is 0.588. The van der Waals surface area contributed by atoms with Crippen molar-refractivity contribution in [2.24, 2.45) is 0 Å². The van der Waals surface area contributed by atoms with Gasteiger partial charge in [-0.2, -0.15) is 0 Å². The van der Waals surface area contributed by atoms with Gasteiger partial charge in [-0.3, -0.25) is 9.69 Å². The molecule has 2 heterocycles. The fourth-order valence-electron chi connectivity index (χ4n) is 3.34. The van der Waals surface area contributed by atoms with Crippen LogP contribution in [-0.2, 0) is 14.6 Å². The summed E-state index contributed by atoms with van der Waals surface area (Å²) in [6, 6.07) is 7.76. The van der Waals surface area contributed by atoms with Crippen LogP contribution in [0.25, 0.3) is 0 Å². The first kappa shape index (κ1) is 18.0. The highest BCUT2D eigenvalue weighted by molar-refractivity contribution is 7.91. The van der Waals surface area contributed by atoms with Crippen molar-refractivity contribution in [1.29, 1.82) is 0 Å². The summed E-state index contributed by atoms with van der Waals surface area (Å²) in [6.45, 7) is 3.66. The molecule has 2 fully saturated rings. The maximum Gasteiger partial charge on any atom is 0.234 e. The van der Waals surface area contributed by atoms with Crippen LogP contribution in [-0.4, -0.2) is 76.6 Å². The number of ether oxygens (including phenoxy) is 1. The molecule has 8 heteroatoms. The Hall–Kier alpha value is -1.80. The third-order valence-electron chi connectivity index (χ3n) is 4.77. The summed E-state index contributed by atoms with van der Waals surface area (Å²) in [5.74, 6) is 1.01. The molecule has 1 aromatic rings. The Bertz CT molecular complexity index is 697. The number of amides is 1. The van der Waals surface area contributed by atoms with Crippen LogP contribution in [0.1, 0.15) is 6.42 Å². The number of rotatable bonds is 5. The first-order valence-corrected chi connectivity index (χ1v) is 10.4. The van der Waals surface area contributed by atoms with Gasteiger partial charge in [0.15, 0.2) is 9.84 Å². The normalized spacial score (nSPS) is 23.4. The van der Waals surface area contributed by atoms with Crippen molar-refractivity contribution in [2.75, 3.05) is 56.2 Å². The van der Waals surface area contributed by atoms with Crippen LogP contribution in [0.4, 0.5) is 5.69 Å². The predicted octanol–water partition coefficient (Wildman–Crippen LogP) is 0.121. The van der Waals surface area contributed by atoms with Gasteiger partial charge in [0.1, 0.15) is 5.75 Å². The van der Waals surface area contributed by atoms with Gasteiger partial charge in [0.05, 0.1) is 25.2 Å². The number of piperazine rings is 1. The molecule has 138 valence electrons. The Labute approximate surface area is 148 Å². The van der Waals surface area contributed by atoms with E-state index in [1.807, 2.05) is 24.3 Å². The summed E-state index contributed by atoms with van der Waals surface area (Å²) >= 11 is 0. The first-order chi connectivity index (χ1) is 11.9. The Morgan fingerprint density at radius 2 is 1.88 bits per heavy atom. The second-order valence-corrected chi connectivity index (χ2v) is 8.86. The van der Waals surface area contributed by atoms with Gasteiger partial charge < -0.3 is 15.0 Å². The van der Waals surface area contributed by atoms with E-state index in [4.69, 9.17) is 4.74 Å². The van der Waals surface area contributed by atoms with Gasteiger partial charge in [-0.05, 0) is 30.7 Å². The molecule has 0 saturated carbocycles. The lowest BCUT2D eigenvalue weighted by Crippen LogP contribution is -2.50. The van der Waals surface area contributed by atoms with Gasteiger partial charge in [0, 0.05) is 37.9 Å². The monoisotopic (exact) mass is 367 g/mol. The van der Waals surface area contributed by atoms with E-state index >= 15 is 0 Å². The minimum atomic E-state index is -2.96. The maximum atomic E-state index is 12.1. The molecule has 0 spiro atoms. The molecule has 2 saturated heterocycles. The summed E-state index contributed by atoms with van der Waals surface area (Å²) in [6.07, 6.45) is 0.527. The van der Waals surface area contributed by atoms with E-state index in [0.717, 1.165) is 37.6 Å². The molecule has 2 aliphatic heterocycles. The van der Waals surface area contributed by atoms with E-state index < -0.39 is 9.84 Å². The average Bonchev–Trinajstić information content (AvgIpc) is 2.94. The zero-order chi connectivity index (χ0) is 17.9. The van der Waals surface area contributed by atoms with Gasteiger partial charge >= 0.3 is 0 Å². The Morgan fingerprint density at radius 1 is 1.20 bits per heavy atom. The molecule has 0 bridgehead atoms. The molecule has 25 heavy (non-hydrogen) atoms. The van der Waals surface area contributed by atoms with Crippen molar-refractivity contribution in [3.8, 4) is 5.75 Å². The van der Waals surface area contributed by atoms with E-state index in [1.54, 1.807) is 7.11 Å². The Balaban J connectivity index is 1.43. The van der Waals surface area contributed by atoms with Crippen molar-refractivity contribution < 1.29 is 17.9 Å². The third kappa shape index (κ3) is 4.85. The number of anilines is 1. The maximum absolute atomic E-state index is 12.1. The number of nitrogens with one attached hydrogen (secondary N) is 1. The molecule has 2 aliphatic rings. The number of hydrogen-bond acceptors (Lipinski definition) is 6. The van der Waals surface area contributed by atoms with Crippen molar-refractivity contribution in [3.63, 3.8) is 0 Å². The van der Waals surface area contributed by atoms with E-state index in [-0.39, 0.29) is 23.5 Å². The molecule has 0 radical (unpaired) electrons.